The van der Waals surface area contributed by atoms with E-state index in [1.54, 1.807) is 18.7 Å². The van der Waals surface area contributed by atoms with Gasteiger partial charge in [-0.05, 0) is 50.3 Å². The topological polar surface area (TPSA) is 58.4 Å². The van der Waals surface area contributed by atoms with E-state index in [2.05, 4.69) is 40.7 Å². The third kappa shape index (κ3) is 4.64. The minimum atomic E-state index is 0.0583. The summed E-state index contributed by atoms with van der Waals surface area (Å²) in [6.07, 6.45) is 4.04. The minimum Gasteiger partial charge on any atom is -0.441 e. The number of nitrogens with one attached hydrogen (secondary N) is 1. The van der Waals surface area contributed by atoms with Crippen molar-refractivity contribution in [1.82, 2.24) is 15.2 Å². The van der Waals surface area contributed by atoms with Gasteiger partial charge < -0.3 is 9.73 Å². The first-order chi connectivity index (χ1) is 12.0. The highest BCUT2D eigenvalue weighted by atomic mass is 32.2. The van der Waals surface area contributed by atoms with Gasteiger partial charge in [-0.15, -0.1) is 11.8 Å². The Bertz CT molecular complexity index is 719. The van der Waals surface area contributed by atoms with Crippen LogP contribution in [0.5, 0.6) is 0 Å². The van der Waals surface area contributed by atoms with Crippen molar-refractivity contribution >= 4 is 17.7 Å². The summed E-state index contributed by atoms with van der Waals surface area (Å²) in [7, 11) is 0. The predicted molar refractivity (Wildman–Crippen MR) is 101 cm³/mol. The summed E-state index contributed by atoms with van der Waals surface area (Å²) in [6.45, 7) is 6.29. The molecule has 1 amide bonds. The Morgan fingerprint density at radius 3 is 2.60 bits per heavy atom. The molecule has 0 spiro atoms. The van der Waals surface area contributed by atoms with E-state index in [9.17, 15) is 4.79 Å². The highest BCUT2D eigenvalue weighted by Gasteiger charge is 2.22. The zero-order valence-electron chi connectivity index (χ0n) is 15.0. The number of benzene rings is 1. The lowest BCUT2D eigenvalue weighted by Crippen LogP contribution is -2.43. The van der Waals surface area contributed by atoms with Gasteiger partial charge in [0.25, 0.3) is 0 Å². The van der Waals surface area contributed by atoms with Gasteiger partial charge in [0.05, 0.1) is 5.69 Å². The van der Waals surface area contributed by atoms with E-state index < -0.39 is 0 Å². The van der Waals surface area contributed by atoms with Crippen LogP contribution < -0.4 is 5.32 Å². The van der Waals surface area contributed by atoms with Crippen LogP contribution in [0, 0.1) is 6.92 Å². The van der Waals surface area contributed by atoms with Crippen molar-refractivity contribution in [3.8, 4) is 11.5 Å². The first kappa shape index (κ1) is 18.0. The first-order valence-corrected chi connectivity index (χ1v) is 9.88. The van der Waals surface area contributed by atoms with Gasteiger partial charge >= 0.3 is 0 Å². The average Bonchev–Trinajstić information content (AvgIpc) is 2.97. The Balaban J connectivity index is 1.62. The maximum absolute atomic E-state index is 11.2. The van der Waals surface area contributed by atoms with Crippen molar-refractivity contribution in [3.63, 3.8) is 0 Å². The molecule has 5 nitrogen and oxygen atoms in total. The Kier molecular flexibility index (Phi) is 5.81. The van der Waals surface area contributed by atoms with E-state index in [0.717, 1.165) is 49.5 Å². The van der Waals surface area contributed by atoms with Gasteiger partial charge in [0.2, 0.25) is 11.8 Å². The number of likely N-dealkylation sites (tertiary alicyclic amines) is 1. The fourth-order valence-corrected chi connectivity index (χ4v) is 3.57. The van der Waals surface area contributed by atoms with Crippen molar-refractivity contribution in [2.24, 2.45) is 0 Å². The Morgan fingerprint density at radius 1 is 1.32 bits per heavy atom. The Labute approximate surface area is 153 Å². The van der Waals surface area contributed by atoms with Crippen LogP contribution in [-0.2, 0) is 11.3 Å². The number of aromatic nitrogens is 1. The summed E-state index contributed by atoms with van der Waals surface area (Å²) in [5, 5.41) is 3.01. The molecule has 1 fully saturated rings. The monoisotopic (exact) mass is 359 g/mol. The van der Waals surface area contributed by atoms with E-state index in [1.807, 2.05) is 6.92 Å². The maximum Gasteiger partial charge on any atom is 0.226 e. The van der Waals surface area contributed by atoms with Gasteiger partial charge in [-0.25, -0.2) is 4.98 Å². The van der Waals surface area contributed by atoms with E-state index >= 15 is 0 Å². The molecule has 0 unspecified atom stereocenters. The zero-order valence-corrected chi connectivity index (χ0v) is 15.9. The van der Waals surface area contributed by atoms with Crippen LogP contribution in [0.1, 0.15) is 31.2 Å². The molecule has 0 saturated carbocycles. The standard InChI is InChI=1S/C19H25N3O2S/c1-13-18(12-22-10-8-16(9-11-22)20-14(2)23)21-19(24-13)15-4-6-17(25-3)7-5-15/h4-7,16H,8-12H2,1-3H3,(H,20,23). The number of nitrogens with zero attached hydrogens (tertiary/aromatic N) is 2. The number of amides is 1. The molecule has 134 valence electrons. The average molecular weight is 359 g/mol. The lowest BCUT2D eigenvalue weighted by atomic mass is 10.0. The summed E-state index contributed by atoms with van der Waals surface area (Å²) >= 11 is 1.72. The number of piperidine rings is 1. The van der Waals surface area contributed by atoms with E-state index in [0.29, 0.717) is 11.9 Å². The largest absolute Gasteiger partial charge is 0.441 e. The number of aryl methyl sites for hydroxylation is 1. The molecule has 0 bridgehead atoms. The highest BCUT2D eigenvalue weighted by molar-refractivity contribution is 7.98. The van der Waals surface area contributed by atoms with Crippen LogP contribution in [0.4, 0.5) is 0 Å². The van der Waals surface area contributed by atoms with E-state index in [-0.39, 0.29) is 5.91 Å². The van der Waals surface area contributed by atoms with Crippen LogP contribution >= 0.6 is 11.8 Å². The van der Waals surface area contributed by atoms with Crippen LogP contribution in [0.25, 0.3) is 11.5 Å². The van der Waals surface area contributed by atoms with Gasteiger partial charge in [-0.1, -0.05) is 0 Å². The van der Waals surface area contributed by atoms with E-state index in [4.69, 9.17) is 9.40 Å². The fourth-order valence-electron chi connectivity index (χ4n) is 3.17. The van der Waals surface area contributed by atoms with Crippen molar-refractivity contribution in [3.05, 3.63) is 35.7 Å². The summed E-state index contributed by atoms with van der Waals surface area (Å²) in [5.41, 5.74) is 2.01. The molecule has 25 heavy (non-hydrogen) atoms. The van der Waals surface area contributed by atoms with E-state index in [1.165, 1.54) is 4.90 Å². The molecule has 1 aromatic carbocycles. The fraction of sp³-hybridized carbons (Fsp3) is 0.474. The molecule has 0 atom stereocenters. The molecule has 1 aliphatic rings. The molecule has 1 N–H and O–H groups in total. The predicted octanol–water partition coefficient (Wildman–Crippen LogP) is 3.47. The third-order valence-corrected chi connectivity index (χ3v) is 5.34. The van der Waals surface area contributed by atoms with Crippen molar-refractivity contribution in [2.75, 3.05) is 19.3 Å². The molecule has 1 aliphatic heterocycles. The summed E-state index contributed by atoms with van der Waals surface area (Å²) in [4.78, 5) is 19.5. The van der Waals surface area contributed by atoms with Crippen molar-refractivity contribution in [2.45, 2.75) is 44.2 Å². The van der Waals surface area contributed by atoms with Crippen LogP contribution in [-0.4, -0.2) is 41.2 Å². The van der Waals surface area contributed by atoms with Crippen LogP contribution in [0.15, 0.2) is 33.6 Å². The second-order valence-electron chi connectivity index (χ2n) is 6.50. The van der Waals surface area contributed by atoms with Crippen molar-refractivity contribution in [1.29, 1.82) is 0 Å². The second-order valence-corrected chi connectivity index (χ2v) is 7.38. The molecule has 6 heteroatoms. The Hall–Kier alpha value is -1.79. The molecular weight excluding hydrogens is 334 g/mol. The van der Waals surface area contributed by atoms with Gasteiger partial charge in [-0.2, -0.15) is 0 Å². The van der Waals surface area contributed by atoms with Crippen molar-refractivity contribution < 1.29 is 9.21 Å². The quantitative estimate of drug-likeness (QED) is 0.829. The van der Waals surface area contributed by atoms with Gasteiger partial charge in [-0.3, -0.25) is 9.69 Å². The summed E-state index contributed by atoms with van der Waals surface area (Å²) in [6, 6.07) is 8.59. The number of carbonyl (C=O) groups excluding carboxylic acids is 1. The van der Waals surface area contributed by atoms with Gasteiger partial charge in [0.1, 0.15) is 5.76 Å². The zero-order chi connectivity index (χ0) is 17.8. The molecule has 0 aliphatic carbocycles. The summed E-state index contributed by atoms with van der Waals surface area (Å²) in [5.74, 6) is 1.63. The SMILES string of the molecule is CSc1ccc(-c2nc(CN3CCC(NC(C)=O)CC3)c(C)o2)cc1. The van der Waals surface area contributed by atoms with Gasteiger partial charge in [0, 0.05) is 43.1 Å². The maximum atomic E-state index is 11.2. The second kappa shape index (κ2) is 8.06. The highest BCUT2D eigenvalue weighted by Crippen LogP contribution is 2.25. The molecular formula is C19H25N3O2S. The summed E-state index contributed by atoms with van der Waals surface area (Å²) < 4.78 is 5.89. The first-order valence-electron chi connectivity index (χ1n) is 8.65. The number of thioether (sulfide) groups is 1. The lowest BCUT2D eigenvalue weighted by Gasteiger charge is -2.31. The molecule has 1 saturated heterocycles. The third-order valence-electron chi connectivity index (χ3n) is 4.60. The van der Waals surface area contributed by atoms with Crippen LogP contribution in [0.3, 0.4) is 0 Å². The smallest absolute Gasteiger partial charge is 0.226 e. The molecule has 1 aromatic heterocycles. The number of carbonyl (C=O) groups is 1. The van der Waals surface area contributed by atoms with Gasteiger partial charge in [0.15, 0.2) is 0 Å². The van der Waals surface area contributed by atoms with Crippen LogP contribution in [0.2, 0.25) is 0 Å². The molecule has 2 aromatic rings. The number of oxazole rings is 1. The number of rotatable bonds is 5. The number of hydrogen-bond donors (Lipinski definition) is 1. The lowest BCUT2D eigenvalue weighted by molar-refractivity contribution is -0.119. The molecule has 3 rings (SSSR count). The normalized spacial score (nSPS) is 16.1. The molecule has 2 heterocycles. The number of hydrogen-bond acceptors (Lipinski definition) is 5. The Morgan fingerprint density at radius 2 is 2.00 bits per heavy atom. The minimum absolute atomic E-state index is 0.0583. The molecule has 0 radical (unpaired) electrons.